The van der Waals surface area contributed by atoms with E-state index in [4.69, 9.17) is 9.47 Å². The Hall–Kier alpha value is -3.77. The Morgan fingerprint density at radius 2 is 1.73 bits per heavy atom. The molecule has 44 heavy (non-hydrogen) atoms. The van der Waals surface area contributed by atoms with Crippen molar-refractivity contribution < 1.29 is 55.2 Å². The highest BCUT2D eigenvalue weighted by molar-refractivity contribution is 5.90. The number of ether oxygens (including phenoxy) is 5. The zero-order valence-corrected chi connectivity index (χ0v) is 24.1. The molecule has 2 heterocycles. The van der Waals surface area contributed by atoms with Crippen LogP contribution in [0.2, 0.25) is 0 Å². The molecule has 238 valence electrons. The van der Waals surface area contributed by atoms with E-state index >= 15 is 0 Å². The maximum atomic E-state index is 14.0. The van der Waals surface area contributed by atoms with Crippen molar-refractivity contribution in [2.75, 3.05) is 6.61 Å². The molecule has 0 radical (unpaired) electrons. The molecule has 1 fully saturated rings. The highest BCUT2D eigenvalue weighted by Gasteiger charge is 2.48. The van der Waals surface area contributed by atoms with Gasteiger partial charge in [-0.2, -0.15) is 0 Å². The molecule has 1 saturated carbocycles. The van der Waals surface area contributed by atoms with Crippen LogP contribution in [-0.2, 0) is 26.2 Å². The third-order valence-electron chi connectivity index (χ3n) is 9.18. The van der Waals surface area contributed by atoms with Gasteiger partial charge in [0.2, 0.25) is 5.91 Å². The average Bonchev–Trinajstić information content (AvgIpc) is 3.45. The Morgan fingerprint density at radius 1 is 1.02 bits per heavy atom. The molecule has 2 aromatic carbocycles. The second-order valence-corrected chi connectivity index (χ2v) is 12.0. The van der Waals surface area contributed by atoms with Gasteiger partial charge in [-0.3, -0.25) is 9.59 Å². The quantitative estimate of drug-likeness (QED) is 0.290. The number of nitrogens with one attached hydrogen (secondary N) is 1. The van der Waals surface area contributed by atoms with Gasteiger partial charge in [0.1, 0.15) is 17.6 Å². The number of hydrogen-bond acceptors (Lipinski definition) is 7. The van der Waals surface area contributed by atoms with Crippen molar-refractivity contribution in [3.63, 3.8) is 0 Å². The fraction of sp³-hybridized carbons (Fsp3) is 0.548. The Morgan fingerprint density at radius 3 is 2.41 bits per heavy atom. The van der Waals surface area contributed by atoms with Gasteiger partial charge in [-0.15, -0.1) is 22.0 Å². The van der Waals surface area contributed by atoms with Crippen LogP contribution >= 0.6 is 0 Å². The van der Waals surface area contributed by atoms with E-state index < -0.39 is 36.0 Å². The first-order valence-electron chi connectivity index (χ1n) is 14.7. The average molecular weight is 626 g/mol. The molecule has 0 bridgehead atoms. The Bertz CT molecular complexity index is 1460. The number of halogens is 5. The highest BCUT2D eigenvalue weighted by Crippen LogP contribution is 2.50. The van der Waals surface area contributed by atoms with Crippen LogP contribution in [0, 0.1) is 11.8 Å². The number of aryl methyl sites for hydroxylation is 1. The molecular weight excluding hydrogens is 593 g/mol. The number of rotatable bonds is 6. The summed E-state index contributed by atoms with van der Waals surface area (Å²) in [5.41, 5.74) is 0.651. The molecule has 6 rings (SSSR count). The molecule has 0 unspecified atom stereocenters. The smallest absolute Gasteiger partial charge is 0.490 e. The van der Waals surface area contributed by atoms with Crippen LogP contribution in [0.25, 0.3) is 0 Å². The highest BCUT2D eigenvalue weighted by atomic mass is 19.4. The molecular formula is C31H32F5NO7. The van der Waals surface area contributed by atoms with Crippen LogP contribution in [0.3, 0.4) is 0 Å². The molecule has 13 heteroatoms. The van der Waals surface area contributed by atoms with Gasteiger partial charge in [0, 0.05) is 18.1 Å². The van der Waals surface area contributed by atoms with Gasteiger partial charge in [0.25, 0.3) is 0 Å². The molecule has 4 aliphatic rings. The van der Waals surface area contributed by atoms with Gasteiger partial charge in [0.15, 0.2) is 11.5 Å². The van der Waals surface area contributed by atoms with Crippen molar-refractivity contribution in [2.45, 2.75) is 89.0 Å². The summed E-state index contributed by atoms with van der Waals surface area (Å²) in [6.45, 7) is 3.77. The van der Waals surface area contributed by atoms with E-state index in [9.17, 15) is 31.5 Å². The van der Waals surface area contributed by atoms with E-state index in [1.165, 1.54) is 30.3 Å². The van der Waals surface area contributed by atoms with Crippen LogP contribution in [0.4, 0.5) is 22.0 Å². The number of benzene rings is 2. The zero-order valence-electron chi connectivity index (χ0n) is 24.1. The predicted octanol–water partition coefficient (Wildman–Crippen LogP) is 6.49. The third-order valence-corrected chi connectivity index (χ3v) is 9.18. The molecule has 1 N–H and O–H groups in total. The van der Waals surface area contributed by atoms with Crippen molar-refractivity contribution >= 4 is 11.9 Å². The summed E-state index contributed by atoms with van der Waals surface area (Å²) in [5.74, 6) is -1.35. The molecule has 2 aliphatic carbocycles. The Kier molecular flexibility index (Phi) is 7.56. The lowest BCUT2D eigenvalue weighted by Gasteiger charge is -2.40. The lowest BCUT2D eigenvalue weighted by atomic mass is 9.76. The third kappa shape index (κ3) is 5.84. The summed E-state index contributed by atoms with van der Waals surface area (Å²) in [7, 11) is 0. The molecule has 2 aliphatic heterocycles. The SMILES string of the molecule is CCOC(=O)C1CCC([C@H]2C[C@@H](NC(=O)[C@]3(C)CCc4cc5c(cc43)OC(F)(F)O5)c3ccc(OC(F)(F)F)cc3O2)CC1. The van der Waals surface area contributed by atoms with E-state index in [0.29, 0.717) is 68.2 Å². The number of hydrogen-bond donors (Lipinski definition) is 1. The van der Waals surface area contributed by atoms with Gasteiger partial charge < -0.3 is 29.0 Å². The van der Waals surface area contributed by atoms with E-state index in [0.717, 1.165) is 0 Å². The van der Waals surface area contributed by atoms with Crippen molar-refractivity contribution in [3.8, 4) is 23.0 Å². The first-order valence-corrected chi connectivity index (χ1v) is 14.7. The predicted molar refractivity (Wildman–Crippen MR) is 143 cm³/mol. The number of fused-ring (bicyclic) bond motifs is 3. The molecule has 3 atom stereocenters. The summed E-state index contributed by atoms with van der Waals surface area (Å²) in [6.07, 6.45) is -5.45. The zero-order chi connectivity index (χ0) is 31.4. The van der Waals surface area contributed by atoms with Crippen molar-refractivity contribution in [2.24, 2.45) is 11.8 Å². The van der Waals surface area contributed by atoms with Gasteiger partial charge in [-0.25, -0.2) is 0 Å². The number of esters is 1. The lowest BCUT2D eigenvalue weighted by molar-refractivity contribution is -0.286. The molecule has 2 aromatic rings. The minimum absolute atomic E-state index is 0.00961. The molecule has 0 saturated heterocycles. The largest absolute Gasteiger partial charge is 0.586 e. The van der Waals surface area contributed by atoms with E-state index in [2.05, 4.69) is 19.5 Å². The van der Waals surface area contributed by atoms with E-state index in [1.54, 1.807) is 13.8 Å². The minimum Gasteiger partial charge on any atom is -0.490 e. The summed E-state index contributed by atoms with van der Waals surface area (Å²) in [5, 5.41) is 3.09. The topological polar surface area (TPSA) is 92.3 Å². The summed E-state index contributed by atoms with van der Waals surface area (Å²) in [4.78, 5) is 26.2. The fourth-order valence-electron chi connectivity index (χ4n) is 6.92. The van der Waals surface area contributed by atoms with Gasteiger partial charge in [-0.1, -0.05) is 0 Å². The fourth-order valence-corrected chi connectivity index (χ4v) is 6.92. The van der Waals surface area contributed by atoms with Gasteiger partial charge >= 0.3 is 18.6 Å². The Balaban J connectivity index is 1.24. The number of amides is 1. The maximum absolute atomic E-state index is 14.0. The number of carbonyl (C=O) groups excluding carboxylic acids is 2. The van der Waals surface area contributed by atoms with Crippen LogP contribution < -0.4 is 24.3 Å². The second-order valence-electron chi connectivity index (χ2n) is 12.0. The summed E-state index contributed by atoms with van der Waals surface area (Å²) in [6, 6.07) is 6.07. The van der Waals surface area contributed by atoms with Crippen molar-refractivity contribution in [1.82, 2.24) is 5.32 Å². The normalized spacial score (nSPS) is 28.3. The Labute approximate surface area is 250 Å². The monoisotopic (exact) mass is 625 g/mol. The second kappa shape index (κ2) is 11.0. The lowest BCUT2D eigenvalue weighted by Crippen LogP contribution is -2.46. The van der Waals surface area contributed by atoms with Crippen LogP contribution in [0.1, 0.15) is 75.1 Å². The number of alkyl halides is 5. The molecule has 8 nitrogen and oxygen atoms in total. The first-order chi connectivity index (χ1) is 20.7. The standard InChI is InChI=1S/C31H32F5NO7/c1-3-40-27(38)17-6-4-16(5-7-17)23-15-22(20-9-8-19(13-24(20)41-23)42-30(32,33)34)37-28(39)29(2)11-10-18-12-25-26(14-21(18)29)44-31(35,36)43-25/h8-9,12-14,16-17,22-23H,3-7,10-11,15H2,1-2H3,(H,37,39)/t16?,17?,22-,23-,29-/m1/s1. The van der Waals surface area contributed by atoms with E-state index in [-0.39, 0.29) is 41.0 Å². The van der Waals surface area contributed by atoms with Gasteiger partial charge in [0.05, 0.1) is 24.0 Å². The molecule has 0 spiro atoms. The summed E-state index contributed by atoms with van der Waals surface area (Å²) >= 11 is 0. The number of carbonyl (C=O) groups is 2. The van der Waals surface area contributed by atoms with Crippen LogP contribution in [-0.4, -0.2) is 37.2 Å². The van der Waals surface area contributed by atoms with Crippen LogP contribution in [0.15, 0.2) is 30.3 Å². The maximum Gasteiger partial charge on any atom is 0.586 e. The van der Waals surface area contributed by atoms with Gasteiger partial charge in [-0.05, 0) is 93.7 Å². The molecule has 1 amide bonds. The first kappa shape index (κ1) is 30.3. The summed E-state index contributed by atoms with van der Waals surface area (Å²) < 4.78 is 91.1. The van der Waals surface area contributed by atoms with Crippen molar-refractivity contribution in [3.05, 3.63) is 47.0 Å². The minimum atomic E-state index is -4.90. The van der Waals surface area contributed by atoms with Crippen LogP contribution in [0.5, 0.6) is 23.0 Å². The van der Waals surface area contributed by atoms with Crippen molar-refractivity contribution in [1.29, 1.82) is 0 Å². The molecule has 0 aromatic heterocycles. The van der Waals surface area contributed by atoms with E-state index in [1.807, 2.05) is 0 Å².